The van der Waals surface area contributed by atoms with E-state index in [1.54, 1.807) is 6.07 Å². The second kappa shape index (κ2) is 6.02. The van der Waals surface area contributed by atoms with Gasteiger partial charge < -0.3 is 15.2 Å². The fourth-order valence-corrected chi connectivity index (χ4v) is 2.43. The van der Waals surface area contributed by atoms with Gasteiger partial charge in [-0.25, -0.2) is 4.79 Å². The fourth-order valence-electron chi connectivity index (χ4n) is 2.43. The molecule has 2 heterocycles. The molecule has 0 aliphatic carbocycles. The van der Waals surface area contributed by atoms with Crippen molar-refractivity contribution in [1.29, 1.82) is 0 Å². The van der Waals surface area contributed by atoms with Gasteiger partial charge in [0.05, 0.1) is 5.69 Å². The second-order valence-electron chi connectivity index (χ2n) is 5.06. The number of rotatable bonds is 4. The minimum atomic E-state index is -0.950. The summed E-state index contributed by atoms with van der Waals surface area (Å²) in [4.78, 5) is 15.2. The number of aromatic nitrogens is 1. The average molecular weight is 264 g/mol. The van der Waals surface area contributed by atoms with Crippen LogP contribution in [0.4, 0.5) is 5.69 Å². The summed E-state index contributed by atoms with van der Waals surface area (Å²) in [5.74, 6) is -0.432. The van der Waals surface area contributed by atoms with E-state index >= 15 is 0 Å². The van der Waals surface area contributed by atoms with Crippen molar-refractivity contribution in [2.45, 2.75) is 32.7 Å². The van der Waals surface area contributed by atoms with E-state index in [0.29, 0.717) is 11.6 Å². The molecule has 0 radical (unpaired) electrons. The number of aromatic carboxylic acids is 1. The van der Waals surface area contributed by atoms with Crippen molar-refractivity contribution in [2.24, 2.45) is 5.92 Å². The molecule has 1 aliphatic rings. The summed E-state index contributed by atoms with van der Waals surface area (Å²) in [6.45, 7) is 5.53. The summed E-state index contributed by atoms with van der Waals surface area (Å²) >= 11 is 0. The number of ether oxygens (including phenoxy) is 1. The van der Waals surface area contributed by atoms with Crippen LogP contribution in [-0.2, 0) is 4.74 Å². The predicted octanol–water partition coefficient (Wildman–Crippen LogP) is 2.32. The smallest absolute Gasteiger partial charge is 0.339 e. The van der Waals surface area contributed by atoms with Crippen LogP contribution in [0.5, 0.6) is 0 Å². The molecule has 0 aromatic carbocycles. The molecular weight excluding hydrogens is 244 g/mol. The van der Waals surface area contributed by atoms with E-state index in [9.17, 15) is 9.90 Å². The number of carbonyl (C=O) groups is 1. The molecule has 1 fully saturated rings. The number of pyridine rings is 1. The maximum atomic E-state index is 11.2. The van der Waals surface area contributed by atoms with Gasteiger partial charge in [0, 0.05) is 31.1 Å². The van der Waals surface area contributed by atoms with E-state index in [-0.39, 0.29) is 11.6 Å². The van der Waals surface area contributed by atoms with Gasteiger partial charge in [0.1, 0.15) is 5.56 Å². The minimum Gasteiger partial charge on any atom is -0.478 e. The van der Waals surface area contributed by atoms with Crippen LogP contribution in [0.15, 0.2) is 12.3 Å². The predicted molar refractivity (Wildman–Crippen MR) is 72.6 cm³/mol. The van der Waals surface area contributed by atoms with Crippen LogP contribution >= 0.6 is 0 Å². The van der Waals surface area contributed by atoms with Crippen molar-refractivity contribution in [2.75, 3.05) is 18.5 Å². The van der Waals surface area contributed by atoms with Crippen LogP contribution < -0.4 is 5.32 Å². The van der Waals surface area contributed by atoms with E-state index in [1.807, 2.05) is 6.92 Å². The van der Waals surface area contributed by atoms with Gasteiger partial charge in [-0.3, -0.25) is 4.98 Å². The summed E-state index contributed by atoms with van der Waals surface area (Å²) in [7, 11) is 0. The second-order valence-corrected chi connectivity index (χ2v) is 5.06. The van der Waals surface area contributed by atoms with Gasteiger partial charge in [0.25, 0.3) is 0 Å². The van der Waals surface area contributed by atoms with Gasteiger partial charge in [-0.05, 0) is 38.7 Å². The van der Waals surface area contributed by atoms with Crippen LogP contribution in [0.3, 0.4) is 0 Å². The maximum Gasteiger partial charge on any atom is 0.339 e. The Kier molecular flexibility index (Phi) is 4.37. The Morgan fingerprint density at radius 3 is 2.84 bits per heavy atom. The molecule has 1 atom stereocenters. The molecule has 1 aromatic heterocycles. The van der Waals surface area contributed by atoms with Crippen molar-refractivity contribution < 1.29 is 14.6 Å². The summed E-state index contributed by atoms with van der Waals surface area (Å²) < 4.78 is 5.35. The van der Waals surface area contributed by atoms with Gasteiger partial charge in [-0.1, -0.05) is 0 Å². The van der Waals surface area contributed by atoms with E-state index in [2.05, 4.69) is 17.2 Å². The number of aryl methyl sites for hydroxylation is 1. The maximum absolute atomic E-state index is 11.2. The largest absolute Gasteiger partial charge is 0.478 e. The number of nitrogens with one attached hydrogen (secondary N) is 1. The Bertz CT molecular complexity index is 456. The molecule has 104 valence electrons. The van der Waals surface area contributed by atoms with Gasteiger partial charge >= 0.3 is 5.97 Å². The highest BCUT2D eigenvalue weighted by Crippen LogP contribution is 2.24. The van der Waals surface area contributed by atoms with Gasteiger partial charge in [0.2, 0.25) is 0 Å². The molecule has 5 nitrogen and oxygen atoms in total. The number of hydrogen-bond acceptors (Lipinski definition) is 4. The van der Waals surface area contributed by atoms with Crippen molar-refractivity contribution in [3.8, 4) is 0 Å². The third-order valence-electron chi connectivity index (χ3n) is 3.63. The lowest BCUT2D eigenvalue weighted by molar-refractivity contribution is 0.0621. The monoisotopic (exact) mass is 264 g/mol. The number of carboxylic acids is 1. The first-order valence-electron chi connectivity index (χ1n) is 6.62. The van der Waals surface area contributed by atoms with E-state index < -0.39 is 5.97 Å². The van der Waals surface area contributed by atoms with Gasteiger partial charge in [0.15, 0.2) is 0 Å². The molecule has 1 aromatic rings. The van der Waals surface area contributed by atoms with Gasteiger partial charge in [-0.2, -0.15) is 0 Å². The molecule has 0 spiro atoms. The number of anilines is 1. The Hall–Kier alpha value is -1.62. The van der Waals surface area contributed by atoms with Crippen LogP contribution in [0, 0.1) is 12.8 Å². The quantitative estimate of drug-likeness (QED) is 0.873. The third kappa shape index (κ3) is 3.44. The van der Waals surface area contributed by atoms with Crippen molar-refractivity contribution in [3.05, 3.63) is 23.5 Å². The molecule has 1 saturated heterocycles. The summed E-state index contributed by atoms with van der Waals surface area (Å²) in [5.41, 5.74) is 1.69. The minimum absolute atomic E-state index is 0.226. The van der Waals surface area contributed by atoms with Crippen molar-refractivity contribution in [3.63, 3.8) is 0 Å². The molecular formula is C14H20N2O3. The number of nitrogens with zero attached hydrogens (tertiary/aromatic N) is 1. The molecule has 1 unspecified atom stereocenters. The van der Waals surface area contributed by atoms with Crippen LogP contribution in [0.1, 0.15) is 35.8 Å². The highest BCUT2D eigenvalue weighted by atomic mass is 16.5. The Morgan fingerprint density at radius 1 is 1.53 bits per heavy atom. The van der Waals surface area contributed by atoms with Crippen LogP contribution in [0.2, 0.25) is 0 Å². The molecule has 0 bridgehead atoms. The van der Waals surface area contributed by atoms with E-state index in [1.165, 1.54) is 6.20 Å². The van der Waals surface area contributed by atoms with Crippen LogP contribution in [-0.4, -0.2) is 35.3 Å². The van der Waals surface area contributed by atoms with Crippen LogP contribution in [0.25, 0.3) is 0 Å². The molecule has 2 rings (SSSR count). The molecule has 2 N–H and O–H groups in total. The first-order valence-corrected chi connectivity index (χ1v) is 6.62. The lowest BCUT2D eigenvalue weighted by atomic mass is 9.92. The zero-order valence-electron chi connectivity index (χ0n) is 11.3. The fraction of sp³-hybridized carbons (Fsp3) is 0.571. The molecule has 0 amide bonds. The first-order chi connectivity index (χ1) is 9.08. The topological polar surface area (TPSA) is 71.5 Å². The molecule has 19 heavy (non-hydrogen) atoms. The Morgan fingerprint density at radius 2 is 2.21 bits per heavy atom. The SMILES string of the molecule is Cc1cc(NC(C)C2CCOCC2)c(C(=O)O)cn1. The van der Waals surface area contributed by atoms with Crippen molar-refractivity contribution in [1.82, 2.24) is 4.98 Å². The van der Waals surface area contributed by atoms with E-state index in [0.717, 1.165) is 31.7 Å². The first kappa shape index (κ1) is 13.8. The zero-order chi connectivity index (χ0) is 13.8. The summed E-state index contributed by atoms with van der Waals surface area (Å²) in [5, 5.41) is 12.5. The van der Waals surface area contributed by atoms with Crippen molar-refractivity contribution >= 4 is 11.7 Å². The highest BCUT2D eigenvalue weighted by Gasteiger charge is 2.22. The normalized spacial score (nSPS) is 18.0. The highest BCUT2D eigenvalue weighted by molar-refractivity contribution is 5.93. The Balaban J connectivity index is 2.12. The third-order valence-corrected chi connectivity index (χ3v) is 3.63. The number of hydrogen-bond donors (Lipinski definition) is 2. The lowest BCUT2D eigenvalue weighted by Gasteiger charge is -2.29. The lowest BCUT2D eigenvalue weighted by Crippen LogP contribution is -2.31. The van der Waals surface area contributed by atoms with E-state index in [4.69, 9.17) is 4.74 Å². The Labute approximate surface area is 113 Å². The number of carboxylic acid groups (broad SMARTS) is 1. The molecule has 0 saturated carbocycles. The van der Waals surface area contributed by atoms with Gasteiger partial charge in [-0.15, -0.1) is 0 Å². The standard InChI is InChI=1S/C14H20N2O3/c1-9-7-13(12(8-15-9)14(17)18)16-10(2)11-3-5-19-6-4-11/h7-8,10-11H,3-6H2,1-2H3,(H,15,16)(H,17,18). The average Bonchev–Trinajstić information content (AvgIpc) is 2.39. The summed E-state index contributed by atoms with van der Waals surface area (Å²) in [6.07, 6.45) is 3.44. The summed E-state index contributed by atoms with van der Waals surface area (Å²) in [6, 6.07) is 2.02. The zero-order valence-corrected chi connectivity index (χ0v) is 11.3. The molecule has 5 heteroatoms. The molecule has 1 aliphatic heterocycles.